The fourth-order valence-corrected chi connectivity index (χ4v) is 2.31. The molecule has 0 saturated carbocycles. The van der Waals surface area contributed by atoms with Gasteiger partial charge in [-0.2, -0.15) is 0 Å². The maximum absolute atomic E-state index is 5.93. The van der Waals surface area contributed by atoms with Gasteiger partial charge in [-0.05, 0) is 44.3 Å². The lowest BCUT2D eigenvalue weighted by Crippen LogP contribution is -2.18. The lowest BCUT2D eigenvalue weighted by molar-refractivity contribution is 0.486. The second-order valence-electron chi connectivity index (χ2n) is 4.67. The van der Waals surface area contributed by atoms with Gasteiger partial charge in [0.05, 0.1) is 5.69 Å². The first-order valence-electron chi connectivity index (χ1n) is 6.36. The molecule has 0 amide bonds. The molecule has 0 fully saturated rings. The van der Waals surface area contributed by atoms with Crippen molar-refractivity contribution in [3.8, 4) is 0 Å². The molecular formula is C16H16N2O. The van der Waals surface area contributed by atoms with E-state index in [2.05, 4.69) is 35.4 Å². The van der Waals surface area contributed by atoms with Crippen molar-refractivity contribution in [2.45, 2.75) is 13.0 Å². The van der Waals surface area contributed by atoms with Gasteiger partial charge >= 0.3 is 0 Å². The van der Waals surface area contributed by atoms with Gasteiger partial charge in [0.2, 0.25) is 0 Å². The molecule has 1 N–H and O–H groups in total. The monoisotopic (exact) mass is 252 g/mol. The van der Waals surface area contributed by atoms with Crippen LogP contribution in [0.3, 0.4) is 0 Å². The molecule has 1 atom stereocenters. The standard InChI is InChI=1S/C16H16N2O/c1-11-6-7-14-12(9-11)10-15(19-14)16(17-2)13-5-3-4-8-18-13/h3-10,16-17H,1-2H3. The quantitative estimate of drug-likeness (QED) is 0.776. The second-order valence-corrected chi connectivity index (χ2v) is 4.67. The zero-order valence-corrected chi connectivity index (χ0v) is 11.1. The molecule has 1 aromatic carbocycles. The van der Waals surface area contributed by atoms with E-state index in [-0.39, 0.29) is 6.04 Å². The Bertz CT molecular complexity index is 688. The summed E-state index contributed by atoms with van der Waals surface area (Å²) in [5.74, 6) is 0.891. The molecule has 3 nitrogen and oxygen atoms in total. The normalized spacial score (nSPS) is 12.7. The zero-order chi connectivity index (χ0) is 13.2. The topological polar surface area (TPSA) is 38.1 Å². The summed E-state index contributed by atoms with van der Waals surface area (Å²) in [5, 5.41) is 4.38. The number of aromatic nitrogens is 1. The Morgan fingerprint density at radius 3 is 2.79 bits per heavy atom. The Kier molecular flexibility index (Phi) is 3.05. The molecule has 3 aromatic rings. The van der Waals surface area contributed by atoms with Crippen LogP contribution < -0.4 is 5.32 Å². The van der Waals surface area contributed by atoms with Gasteiger partial charge in [0.25, 0.3) is 0 Å². The summed E-state index contributed by atoms with van der Waals surface area (Å²) < 4.78 is 5.93. The largest absolute Gasteiger partial charge is 0.459 e. The highest BCUT2D eigenvalue weighted by molar-refractivity contribution is 5.78. The number of benzene rings is 1. The predicted molar refractivity (Wildman–Crippen MR) is 76.1 cm³/mol. The molecule has 0 aliphatic rings. The first kappa shape index (κ1) is 11.9. The van der Waals surface area contributed by atoms with E-state index in [4.69, 9.17) is 4.42 Å². The van der Waals surface area contributed by atoms with E-state index >= 15 is 0 Å². The summed E-state index contributed by atoms with van der Waals surface area (Å²) in [6.07, 6.45) is 1.80. The number of hydrogen-bond acceptors (Lipinski definition) is 3. The highest BCUT2D eigenvalue weighted by atomic mass is 16.3. The van der Waals surface area contributed by atoms with E-state index in [1.165, 1.54) is 5.56 Å². The highest BCUT2D eigenvalue weighted by Gasteiger charge is 2.17. The number of furan rings is 1. The lowest BCUT2D eigenvalue weighted by Gasteiger charge is -2.12. The van der Waals surface area contributed by atoms with Crippen LogP contribution in [0.15, 0.2) is 53.1 Å². The summed E-state index contributed by atoms with van der Waals surface area (Å²) >= 11 is 0. The van der Waals surface area contributed by atoms with Crippen LogP contribution in [0.25, 0.3) is 11.0 Å². The van der Waals surface area contributed by atoms with Crippen molar-refractivity contribution in [1.82, 2.24) is 10.3 Å². The van der Waals surface area contributed by atoms with Gasteiger partial charge in [-0.1, -0.05) is 17.7 Å². The van der Waals surface area contributed by atoms with E-state index in [1.54, 1.807) is 6.20 Å². The molecule has 19 heavy (non-hydrogen) atoms. The van der Waals surface area contributed by atoms with E-state index < -0.39 is 0 Å². The molecule has 0 aliphatic heterocycles. The number of hydrogen-bond donors (Lipinski definition) is 1. The smallest absolute Gasteiger partial charge is 0.134 e. The third kappa shape index (κ3) is 2.25. The average molecular weight is 252 g/mol. The van der Waals surface area contributed by atoms with Crippen LogP contribution in [-0.4, -0.2) is 12.0 Å². The Morgan fingerprint density at radius 1 is 1.16 bits per heavy atom. The summed E-state index contributed by atoms with van der Waals surface area (Å²) in [6, 6.07) is 14.2. The SMILES string of the molecule is CNC(c1ccccn1)c1cc2cc(C)ccc2o1. The Hall–Kier alpha value is -2.13. The minimum atomic E-state index is -0.0195. The van der Waals surface area contributed by atoms with Crippen LogP contribution in [0.5, 0.6) is 0 Å². The fraction of sp³-hybridized carbons (Fsp3) is 0.188. The van der Waals surface area contributed by atoms with Crippen LogP contribution in [-0.2, 0) is 0 Å². The molecule has 0 aliphatic carbocycles. The zero-order valence-electron chi connectivity index (χ0n) is 11.1. The number of nitrogens with one attached hydrogen (secondary N) is 1. The predicted octanol–water partition coefficient (Wildman–Crippen LogP) is 3.45. The van der Waals surface area contributed by atoms with Gasteiger partial charge in [-0.25, -0.2) is 0 Å². The van der Waals surface area contributed by atoms with Gasteiger partial charge in [0.15, 0.2) is 0 Å². The fourth-order valence-electron chi connectivity index (χ4n) is 2.31. The number of rotatable bonds is 3. The molecule has 0 bridgehead atoms. The summed E-state index contributed by atoms with van der Waals surface area (Å²) in [6.45, 7) is 2.08. The highest BCUT2D eigenvalue weighted by Crippen LogP contribution is 2.27. The molecule has 0 radical (unpaired) electrons. The first-order valence-corrected chi connectivity index (χ1v) is 6.36. The average Bonchev–Trinajstić information content (AvgIpc) is 2.83. The molecule has 3 rings (SSSR count). The van der Waals surface area contributed by atoms with Crippen molar-refractivity contribution < 1.29 is 4.42 Å². The minimum Gasteiger partial charge on any atom is -0.459 e. The van der Waals surface area contributed by atoms with Gasteiger partial charge < -0.3 is 9.73 Å². The van der Waals surface area contributed by atoms with Crippen molar-refractivity contribution >= 4 is 11.0 Å². The number of pyridine rings is 1. The molecule has 0 spiro atoms. The molecular weight excluding hydrogens is 236 g/mol. The Labute approximate surface area is 112 Å². The van der Waals surface area contributed by atoms with Gasteiger partial charge in [-0.3, -0.25) is 4.98 Å². The summed E-state index contributed by atoms with van der Waals surface area (Å²) in [4.78, 5) is 4.39. The van der Waals surface area contributed by atoms with Crippen molar-refractivity contribution in [2.24, 2.45) is 0 Å². The maximum atomic E-state index is 5.93. The van der Waals surface area contributed by atoms with Gasteiger partial charge in [-0.15, -0.1) is 0 Å². The van der Waals surface area contributed by atoms with E-state index in [0.29, 0.717) is 0 Å². The van der Waals surface area contributed by atoms with E-state index in [9.17, 15) is 0 Å². The maximum Gasteiger partial charge on any atom is 0.134 e. The van der Waals surface area contributed by atoms with Crippen molar-refractivity contribution in [3.05, 3.63) is 65.7 Å². The molecule has 96 valence electrons. The van der Waals surface area contributed by atoms with Crippen molar-refractivity contribution in [3.63, 3.8) is 0 Å². The van der Waals surface area contributed by atoms with E-state index in [1.807, 2.05) is 31.3 Å². The Morgan fingerprint density at radius 2 is 2.05 bits per heavy atom. The Balaban J connectivity index is 2.07. The summed E-state index contributed by atoms with van der Waals surface area (Å²) in [7, 11) is 1.91. The molecule has 0 saturated heterocycles. The van der Waals surface area contributed by atoms with E-state index in [0.717, 1.165) is 22.4 Å². The number of nitrogens with zero attached hydrogens (tertiary/aromatic N) is 1. The molecule has 3 heteroatoms. The number of fused-ring (bicyclic) bond motifs is 1. The van der Waals surface area contributed by atoms with Crippen LogP contribution in [0.1, 0.15) is 23.1 Å². The van der Waals surface area contributed by atoms with Crippen molar-refractivity contribution in [2.75, 3.05) is 7.05 Å². The van der Waals surface area contributed by atoms with Crippen LogP contribution in [0.2, 0.25) is 0 Å². The first-order chi connectivity index (χ1) is 9.28. The summed E-state index contributed by atoms with van der Waals surface area (Å²) in [5.41, 5.74) is 3.11. The number of aryl methyl sites for hydroxylation is 1. The van der Waals surface area contributed by atoms with Gasteiger partial charge in [0, 0.05) is 11.6 Å². The molecule has 2 aromatic heterocycles. The lowest BCUT2D eigenvalue weighted by atomic mass is 10.1. The third-order valence-corrected chi connectivity index (χ3v) is 3.25. The van der Waals surface area contributed by atoms with Crippen LogP contribution in [0, 0.1) is 6.92 Å². The third-order valence-electron chi connectivity index (χ3n) is 3.25. The minimum absolute atomic E-state index is 0.0195. The van der Waals surface area contributed by atoms with Crippen LogP contribution in [0.4, 0.5) is 0 Å². The molecule has 1 unspecified atom stereocenters. The van der Waals surface area contributed by atoms with Crippen LogP contribution >= 0.6 is 0 Å². The molecule has 2 heterocycles. The van der Waals surface area contributed by atoms with Gasteiger partial charge in [0.1, 0.15) is 17.4 Å². The van der Waals surface area contributed by atoms with Crippen molar-refractivity contribution in [1.29, 1.82) is 0 Å². The second kappa shape index (κ2) is 4.86.